The lowest BCUT2D eigenvalue weighted by Crippen LogP contribution is -2.17. The summed E-state index contributed by atoms with van der Waals surface area (Å²) in [7, 11) is 1.82. The Morgan fingerprint density at radius 3 is 2.45 bits per heavy atom. The average Bonchev–Trinajstić information content (AvgIpc) is 2.40. The minimum absolute atomic E-state index is 0.0521. The minimum atomic E-state index is -0.441. The molecular weight excluding hydrogens is 276 g/mol. The van der Waals surface area contributed by atoms with Crippen molar-refractivity contribution in [3.63, 3.8) is 0 Å². The molecule has 104 valence electrons. The van der Waals surface area contributed by atoms with Crippen molar-refractivity contribution in [1.82, 2.24) is 0 Å². The Kier molecular flexibility index (Phi) is 4.25. The quantitative estimate of drug-likeness (QED) is 0.626. The molecule has 0 atom stereocenters. The van der Waals surface area contributed by atoms with E-state index in [2.05, 4.69) is 0 Å². The van der Waals surface area contributed by atoms with Crippen molar-refractivity contribution >= 4 is 23.0 Å². The number of halogens is 1. The summed E-state index contributed by atoms with van der Waals surface area (Å²) in [6.07, 6.45) is 0. The number of para-hydroxylation sites is 1. The highest BCUT2D eigenvalue weighted by atomic mass is 35.5. The zero-order valence-electron chi connectivity index (χ0n) is 11.3. The van der Waals surface area contributed by atoms with Crippen molar-refractivity contribution < 1.29 is 4.92 Å². The molecule has 0 radical (unpaired) electrons. The summed E-state index contributed by atoms with van der Waals surface area (Å²) in [5.41, 5.74) is 2.74. The molecule has 2 aromatic rings. The Balaban J connectivity index is 2.29. The number of nitro benzene ring substituents is 1. The van der Waals surface area contributed by atoms with Crippen LogP contribution < -0.4 is 4.90 Å². The molecule has 4 nitrogen and oxygen atoms in total. The van der Waals surface area contributed by atoms with Crippen LogP contribution in [0, 0.1) is 17.0 Å². The summed E-state index contributed by atoms with van der Waals surface area (Å²) in [5, 5.41) is 11.3. The summed E-state index contributed by atoms with van der Waals surface area (Å²) in [4.78, 5) is 12.5. The summed E-state index contributed by atoms with van der Waals surface area (Å²) in [6.45, 7) is 2.61. The van der Waals surface area contributed by atoms with E-state index in [9.17, 15) is 10.1 Å². The summed E-state index contributed by atoms with van der Waals surface area (Å²) < 4.78 is 0. The molecule has 0 amide bonds. The largest absolute Gasteiger partial charge is 0.365 e. The summed E-state index contributed by atoms with van der Waals surface area (Å²) in [6, 6.07) is 13.0. The third kappa shape index (κ3) is 3.08. The van der Waals surface area contributed by atoms with E-state index >= 15 is 0 Å². The lowest BCUT2D eigenvalue weighted by molar-refractivity contribution is -0.384. The van der Waals surface area contributed by atoms with Gasteiger partial charge in [-0.25, -0.2) is 0 Å². The highest BCUT2D eigenvalue weighted by molar-refractivity contribution is 6.33. The fourth-order valence-corrected chi connectivity index (χ4v) is 2.28. The van der Waals surface area contributed by atoms with E-state index in [1.807, 2.05) is 43.1 Å². The average molecular weight is 291 g/mol. The first-order chi connectivity index (χ1) is 9.49. The first kappa shape index (κ1) is 14.3. The van der Waals surface area contributed by atoms with Crippen molar-refractivity contribution in [2.75, 3.05) is 11.9 Å². The molecule has 2 rings (SSSR count). The van der Waals surface area contributed by atoms with E-state index in [1.54, 1.807) is 12.1 Å². The Hall–Kier alpha value is -2.07. The lowest BCUT2D eigenvalue weighted by Gasteiger charge is -2.19. The first-order valence-corrected chi connectivity index (χ1v) is 6.56. The maximum absolute atomic E-state index is 11.1. The van der Waals surface area contributed by atoms with E-state index in [1.165, 1.54) is 11.6 Å². The van der Waals surface area contributed by atoms with Gasteiger partial charge >= 0.3 is 5.69 Å². The van der Waals surface area contributed by atoms with Gasteiger partial charge in [0.1, 0.15) is 10.7 Å². The molecule has 0 aliphatic rings. The Labute approximate surface area is 122 Å². The predicted molar refractivity (Wildman–Crippen MR) is 81.4 cm³/mol. The number of aryl methyl sites for hydroxylation is 1. The van der Waals surface area contributed by atoms with Crippen LogP contribution >= 0.6 is 11.6 Å². The summed E-state index contributed by atoms with van der Waals surface area (Å²) in [5.74, 6) is 0. The topological polar surface area (TPSA) is 46.4 Å². The molecule has 2 aromatic carbocycles. The van der Waals surface area contributed by atoms with Gasteiger partial charge in [-0.05, 0) is 24.6 Å². The van der Waals surface area contributed by atoms with E-state index in [4.69, 9.17) is 11.6 Å². The number of hydrogen-bond donors (Lipinski definition) is 0. The standard InChI is InChI=1S/C15H15ClN2O2/c1-11-6-8-12(9-7-11)10-17(2)14-5-3-4-13(16)15(14)18(19)20/h3-9H,10H2,1-2H3. The third-order valence-electron chi connectivity index (χ3n) is 3.10. The molecule has 0 aromatic heterocycles. The number of rotatable bonds is 4. The molecule has 0 bridgehead atoms. The van der Waals surface area contributed by atoms with E-state index < -0.39 is 4.92 Å². The van der Waals surface area contributed by atoms with Crippen molar-refractivity contribution in [1.29, 1.82) is 0 Å². The molecule has 0 unspecified atom stereocenters. The number of benzene rings is 2. The normalized spacial score (nSPS) is 10.3. The van der Waals surface area contributed by atoms with Crippen molar-refractivity contribution in [3.8, 4) is 0 Å². The maximum Gasteiger partial charge on any atom is 0.310 e. The number of nitrogens with zero attached hydrogens (tertiary/aromatic N) is 2. The second kappa shape index (κ2) is 5.92. The molecule has 0 fully saturated rings. The molecule has 0 N–H and O–H groups in total. The number of nitro groups is 1. The van der Waals surface area contributed by atoms with Crippen LogP contribution in [0.2, 0.25) is 5.02 Å². The van der Waals surface area contributed by atoms with Gasteiger partial charge < -0.3 is 4.90 Å². The molecule has 20 heavy (non-hydrogen) atoms. The van der Waals surface area contributed by atoms with Gasteiger partial charge in [0.25, 0.3) is 0 Å². The van der Waals surface area contributed by atoms with Gasteiger partial charge in [0.05, 0.1) is 4.92 Å². The Morgan fingerprint density at radius 1 is 1.20 bits per heavy atom. The van der Waals surface area contributed by atoms with E-state index in [0.29, 0.717) is 12.2 Å². The van der Waals surface area contributed by atoms with Gasteiger partial charge in [-0.3, -0.25) is 10.1 Å². The van der Waals surface area contributed by atoms with Crippen LogP contribution in [0.1, 0.15) is 11.1 Å². The van der Waals surface area contributed by atoms with E-state index in [-0.39, 0.29) is 10.7 Å². The Morgan fingerprint density at radius 2 is 1.85 bits per heavy atom. The van der Waals surface area contributed by atoms with Crippen molar-refractivity contribution in [2.24, 2.45) is 0 Å². The Bertz CT molecular complexity index is 626. The van der Waals surface area contributed by atoms with Gasteiger partial charge in [0.2, 0.25) is 0 Å². The highest BCUT2D eigenvalue weighted by Gasteiger charge is 2.21. The molecule has 0 spiro atoms. The lowest BCUT2D eigenvalue weighted by atomic mass is 10.1. The molecule has 0 heterocycles. The molecule has 0 saturated carbocycles. The fraction of sp³-hybridized carbons (Fsp3) is 0.200. The summed E-state index contributed by atoms with van der Waals surface area (Å²) >= 11 is 5.92. The molecule has 0 aliphatic carbocycles. The molecule has 5 heteroatoms. The fourth-order valence-electron chi connectivity index (χ4n) is 2.05. The van der Waals surface area contributed by atoms with Crippen LogP contribution in [-0.4, -0.2) is 12.0 Å². The molecule has 0 aliphatic heterocycles. The van der Waals surface area contributed by atoms with Gasteiger partial charge in [-0.1, -0.05) is 47.5 Å². The number of anilines is 1. The van der Waals surface area contributed by atoms with Crippen molar-refractivity contribution in [2.45, 2.75) is 13.5 Å². The zero-order valence-corrected chi connectivity index (χ0v) is 12.1. The minimum Gasteiger partial charge on any atom is -0.365 e. The molecular formula is C15H15ClN2O2. The van der Waals surface area contributed by atoms with Crippen LogP contribution in [0.4, 0.5) is 11.4 Å². The van der Waals surface area contributed by atoms with Crippen LogP contribution in [0.3, 0.4) is 0 Å². The van der Waals surface area contributed by atoms with Crippen LogP contribution in [-0.2, 0) is 6.54 Å². The van der Waals surface area contributed by atoms with Crippen LogP contribution in [0.25, 0.3) is 0 Å². The second-order valence-corrected chi connectivity index (χ2v) is 5.11. The smallest absolute Gasteiger partial charge is 0.310 e. The second-order valence-electron chi connectivity index (χ2n) is 4.71. The third-order valence-corrected chi connectivity index (χ3v) is 3.40. The predicted octanol–water partition coefficient (Wildman–Crippen LogP) is 4.19. The first-order valence-electron chi connectivity index (χ1n) is 6.18. The van der Waals surface area contributed by atoms with Crippen LogP contribution in [0.15, 0.2) is 42.5 Å². The SMILES string of the molecule is Cc1ccc(CN(C)c2cccc(Cl)c2[N+](=O)[O-])cc1. The maximum atomic E-state index is 11.1. The number of hydrogen-bond acceptors (Lipinski definition) is 3. The van der Waals surface area contributed by atoms with Gasteiger partial charge in [-0.2, -0.15) is 0 Å². The van der Waals surface area contributed by atoms with E-state index in [0.717, 1.165) is 5.56 Å². The van der Waals surface area contributed by atoms with Gasteiger partial charge in [0, 0.05) is 13.6 Å². The van der Waals surface area contributed by atoms with Gasteiger partial charge in [0.15, 0.2) is 0 Å². The van der Waals surface area contributed by atoms with Crippen molar-refractivity contribution in [3.05, 3.63) is 68.7 Å². The molecule has 0 saturated heterocycles. The zero-order chi connectivity index (χ0) is 14.7. The highest BCUT2D eigenvalue weighted by Crippen LogP contribution is 2.34. The monoisotopic (exact) mass is 290 g/mol. The van der Waals surface area contributed by atoms with Crippen LogP contribution in [0.5, 0.6) is 0 Å². The van der Waals surface area contributed by atoms with Gasteiger partial charge in [-0.15, -0.1) is 0 Å².